The van der Waals surface area contributed by atoms with Gasteiger partial charge >= 0.3 is 0 Å². The molecule has 1 aromatic carbocycles. The molecular weight excluding hydrogens is 342 g/mol. The molecular formula is C18H22ClN3O3. The highest BCUT2D eigenvalue weighted by atomic mass is 35.5. The lowest BCUT2D eigenvalue weighted by atomic mass is 10.1. The van der Waals surface area contributed by atoms with Crippen molar-refractivity contribution in [2.24, 2.45) is 13.0 Å². The first-order valence-corrected chi connectivity index (χ1v) is 8.26. The lowest BCUT2D eigenvalue weighted by molar-refractivity contribution is -0.111. The largest absolute Gasteiger partial charge is 0.493 e. The lowest BCUT2D eigenvalue weighted by Gasteiger charge is -2.14. The molecule has 0 aliphatic heterocycles. The third-order valence-corrected chi connectivity index (χ3v) is 3.49. The van der Waals surface area contributed by atoms with Gasteiger partial charge in [-0.25, -0.2) is 0 Å². The van der Waals surface area contributed by atoms with Gasteiger partial charge in [0.1, 0.15) is 0 Å². The van der Waals surface area contributed by atoms with E-state index in [1.807, 2.05) is 0 Å². The molecule has 7 heteroatoms. The van der Waals surface area contributed by atoms with Crippen LogP contribution >= 0.6 is 11.6 Å². The van der Waals surface area contributed by atoms with Crippen LogP contribution in [0.15, 0.2) is 30.5 Å². The molecule has 0 saturated carbocycles. The van der Waals surface area contributed by atoms with Gasteiger partial charge < -0.3 is 14.8 Å². The number of hydrogen-bond donors (Lipinski definition) is 1. The van der Waals surface area contributed by atoms with E-state index in [9.17, 15) is 4.79 Å². The quantitative estimate of drug-likeness (QED) is 0.760. The molecule has 1 heterocycles. The Labute approximate surface area is 152 Å². The van der Waals surface area contributed by atoms with E-state index >= 15 is 0 Å². The molecule has 134 valence electrons. The number of carbonyl (C=O) groups is 1. The molecule has 0 aliphatic rings. The predicted molar refractivity (Wildman–Crippen MR) is 99.2 cm³/mol. The van der Waals surface area contributed by atoms with Crippen molar-refractivity contribution in [3.8, 4) is 11.5 Å². The van der Waals surface area contributed by atoms with Crippen LogP contribution in [0.3, 0.4) is 0 Å². The van der Waals surface area contributed by atoms with Crippen molar-refractivity contribution >= 4 is 29.4 Å². The smallest absolute Gasteiger partial charge is 0.249 e. The molecule has 25 heavy (non-hydrogen) atoms. The number of benzene rings is 1. The first kappa shape index (κ1) is 18.9. The Morgan fingerprint density at radius 3 is 2.80 bits per heavy atom. The number of ether oxygens (including phenoxy) is 2. The van der Waals surface area contributed by atoms with Crippen LogP contribution in [-0.4, -0.2) is 29.4 Å². The highest BCUT2D eigenvalue weighted by Gasteiger charge is 2.12. The summed E-state index contributed by atoms with van der Waals surface area (Å²) >= 11 is 6.29. The summed E-state index contributed by atoms with van der Waals surface area (Å²) in [4.78, 5) is 11.9. The molecule has 0 saturated heterocycles. The number of rotatable bonds is 7. The number of methoxy groups -OCH3 is 1. The Morgan fingerprint density at radius 2 is 2.20 bits per heavy atom. The summed E-state index contributed by atoms with van der Waals surface area (Å²) in [6.45, 7) is 4.65. The van der Waals surface area contributed by atoms with Gasteiger partial charge in [0.05, 0.1) is 18.7 Å². The Kier molecular flexibility index (Phi) is 6.47. The summed E-state index contributed by atoms with van der Waals surface area (Å²) < 4.78 is 12.7. The van der Waals surface area contributed by atoms with Crippen LogP contribution in [0.1, 0.15) is 19.4 Å². The zero-order valence-corrected chi connectivity index (χ0v) is 15.5. The standard InChI is InChI=1S/C18H22ClN3O3/c1-12(2)11-25-18-14(19)9-13(10-15(18)24-4)5-6-17(23)20-16-7-8-22(3)21-16/h5-10,12H,11H2,1-4H3,(H,20,21,23)/b6-5+. The second-order valence-electron chi connectivity index (χ2n) is 5.94. The molecule has 1 N–H and O–H groups in total. The average Bonchev–Trinajstić information content (AvgIpc) is 2.96. The van der Waals surface area contributed by atoms with Crippen LogP contribution < -0.4 is 14.8 Å². The van der Waals surface area contributed by atoms with E-state index in [4.69, 9.17) is 21.1 Å². The van der Waals surface area contributed by atoms with Crippen LogP contribution in [-0.2, 0) is 11.8 Å². The van der Waals surface area contributed by atoms with Gasteiger partial charge in [-0.3, -0.25) is 9.48 Å². The first-order valence-electron chi connectivity index (χ1n) is 7.88. The first-order chi connectivity index (χ1) is 11.9. The predicted octanol–water partition coefficient (Wildman–Crippen LogP) is 3.77. The molecule has 0 fully saturated rings. The second-order valence-corrected chi connectivity index (χ2v) is 6.34. The fraction of sp³-hybridized carbons (Fsp3) is 0.333. The van der Waals surface area contributed by atoms with Crippen molar-refractivity contribution in [1.29, 1.82) is 0 Å². The van der Waals surface area contributed by atoms with Crippen LogP contribution in [0.4, 0.5) is 5.82 Å². The summed E-state index contributed by atoms with van der Waals surface area (Å²) in [5.41, 5.74) is 0.731. The molecule has 0 atom stereocenters. The van der Waals surface area contributed by atoms with Gasteiger partial charge in [-0.15, -0.1) is 0 Å². The molecule has 6 nitrogen and oxygen atoms in total. The van der Waals surface area contributed by atoms with Gasteiger partial charge in [-0.2, -0.15) is 5.10 Å². The third kappa shape index (κ3) is 5.53. The van der Waals surface area contributed by atoms with Crippen molar-refractivity contribution in [2.75, 3.05) is 19.0 Å². The van der Waals surface area contributed by atoms with Gasteiger partial charge in [0.15, 0.2) is 17.3 Å². The number of amides is 1. The number of carbonyl (C=O) groups excluding carboxylic acids is 1. The molecule has 2 aromatic rings. The third-order valence-electron chi connectivity index (χ3n) is 3.20. The van der Waals surface area contributed by atoms with Crippen molar-refractivity contribution in [1.82, 2.24) is 9.78 Å². The summed E-state index contributed by atoms with van der Waals surface area (Å²) in [7, 11) is 3.33. The maximum atomic E-state index is 11.9. The SMILES string of the molecule is COc1cc(/C=C/C(=O)Nc2ccn(C)n2)cc(Cl)c1OCC(C)C. The molecule has 0 spiro atoms. The van der Waals surface area contributed by atoms with E-state index < -0.39 is 0 Å². The van der Waals surface area contributed by atoms with E-state index in [2.05, 4.69) is 24.3 Å². The maximum absolute atomic E-state index is 11.9. The molecule has 2 rings (SSSR count). The highest BCUT2D eigenvalue weighted by Crippen LogP contribution is 2.37. The van der Waals surface area contributed by atoms with Crippen LogP contribution in [0, 0.1) is 5.92 Å². The monoisotopic (exact) mass is 363 g/mol. The number of halogens is 1. The van der Waals surface area contributed by atoms with Gasteiger partial charge in [0.25, 0.3) is 0 Å². The summed E-state index contributed by atoms with van der Waals surface area (Å²) in [5, 5.41) is 7.20. The topological polar surface area (TPSA) is 65.4 Å². The van der Waals surface area contributed by atoms with Gasteiger partial charge in [0, 0.05) is 25.4 Å². The fourth-order valence-electron chi connectivity index (χ4n) is 2.05. The van der Waals surface area contributed by atoms with E-state index in [-0.39, 0.29) is 5.91 Å². The van der Waals surface area contributed by atoms with Crippen molar-refractivity contribution in [2.45, 2.75) is 13.8 Å². The maximum Gasteiger partial charge on any atom is 0.249 e. The van der Waals surface area contributed by atoms with Gasteiger partial charge in [0.2, 0.25) is 5.91 Å². The summed E-state index contributed by atoms with van der Waals surface area (Å²) in [6, 6.07) is 5.21. The van der Waals surface area contributed by atoms with Gasteiger partial charge in [-0.05, 0) is 29.7 Å². The minimum Gasteiger partial charge on any atom is -0.493 e. The normalized spacial score (nSPS) is 11.1. The Balaban J connectivity index is 2.10. The van der Waals surface area contributed by atoms with E-state index in [1.54, 1.807) is 49.3 Å². The van der Waals surface area contributed by atoms with E-state index in [0.29, 0.717) is 34.9 Å². The van der Waals surface area contributed by atoms with Crippen molar-refractivity contribution < 1.29 is 14.3 Å². The summed E-state index contributed by atoms with van der Waals surface area (Å²) in [5.74, 6) is 1.61. The number of hydrogen-bond acceptors (Lipinski definition) is 4. The summed E-state index contributed by atoms with van der Waals surface area (Å²) in [6.07, 6.45) is 4.81. The second kappa shape index (κ2) is 8.58. The fourth-order valence-corrected chi connectivity index (χ4v) is 2.32. The molecule has 0 unspecified atom stereocenters. The molecule has 0 bridgehead atoms. The number of aryl methyl sites for hydroxylation is 1. The van der Waals surface area contributed by atoms with Crippen molar-refractivity contribution in [3.63, 3.8) is 0 Å². The Morgan fingerprint density at radius 1 is 1.44 bits per heavy atom. The highest BCUT2D eigenvalue weighted by molar-refractivity contribution is 6.32. The van der Waals surface area contributed by atoms with E-state index in [1.165, 1.54) is 6.08 Å². The Hall–Kier alpha value is -2.47. The number of nitrogens with zero attached hydrogens (tertiary/aromatic N) is 2. The van der Waals surface area contributed by atoms with Crippen LogP contribution in [0.5, 0.6) is 11.5 Å². The number of anilines is 1. The lowest BCUT2D eigenvalue weighted by Crippen LogP contribution is -2.08. The van der Waals surface area contributed by atoms with Crippen LogP contribution in [0.25, 0.3) is 6.08 Å². The van der Waals surface area contributed by atoms with Crippen molar-refractivity contribution in [3.05, 3.63) is 41.1 Å². The molecule has 0 radical (unpaired) electrons. The Bertz CT molecular complexity index is 769. The van der Waals surface area contributed by atoms with Crippen LogP contribution in [0.2, 0.25) is 5.02 Å². The molecule has 1 amide bonds. The molecule has 0 aliphatic carbocycles. The average molecular weight is 364 g/mol. The number of nitrogens with one attached hydrogen (secondary N) is 1. The number of aromatic nitrogens is 2. The van der Waals surface area contributed by atoms with Gasteiger partial charge in [-0.1, -0.05) is 25.4 Å². The molecule has 1 aromatic heterocycles. The minimum atomic E-state index is -0.283. The van der Waals surface area contributed by atoms with E-state index in [0.717, 1.165) is 5.56 Å². The minimum absolute atomic E-state index is 0.283. The zero-order chi connectivity index (χ0) is 18.4. The zero-order valence-electron chi connectivity index (χ0n) is 14.7.